The Morgan fingerprint density at radius 3 is 2.62 bits per heavy atom. The lowest BCUT2D eigenvalue weighted by atomic mass is 9.86. The molecule has 3 aliphatic rings. The number of hydrogen-bond donors (Lipinski definition) is 2. The van der Waals surface area contributed by atoms with E-state index in [2.05, 4.69) is 10.2 Å². The molecule has 154 valence electrons. The van der Waals surface area contributed by atoms with E-state index in [1.54, 1.807) is 12.1 Å². The first kappa shape index (κ1) is 20.1. The van der Waals surface area contributed by atoms with Crippen molar-refractivity contribution in [3.63, 3.8) is 0 Å². The zero-order chi connectivity index (χ0) is 20.4. The zero-order valence-electron chi connectivity index (χ0n) is 16.5. The van der Waals surface area contributed by atoms with Gasteiger partial charge in [0.15, 0.2) is 0 Å². The van der Waals surface area contributed by atoms with Gasteiger partial charge >= 0.3 is 11.9 Å². The Morgan fingerprint density at radius 1 is 1.24 bits per heavy atom. The summed E-state index contributed by atoms with van der Waals surface area (Å²) in [7, 11) is 0. The highest BCUT2D eigenvalue weighted by atomic mass is 32.1. The fourth-order valence-electron chi connectivity index (χ4n) is 4.28. The maximum Gasteiger partial charge on any atom is 0.345 e. The van der Waals surface area contributed by atoms with Crippen LogP contribution in [0.4, 0.5) is 0 Å². The first-order chi connectivity index (χ1) is 14.0. The number of ether oxygens (including phenoxy) is 1. The van der Waals surface area contributed by atoms with Gasteiger partial charge in [0.2, 0.25) is 0 Å². The number of benzene rings is 1. The number of hydrogen-bond acceptors (Lipinski definition) is 6. The second-order valence-corrected chi connectivity index (χ2v) is 9.02. The minimum Gasteiger partial charge on any atom is -0.477 e. The predicted octanol–water partition coefficient (Wildman–Crippen LogP) is 3.22. The molecule has 2 bridgehead atoms. The fraction of sp³-hybridized carbons (Fsp3) is 0.455. The maximum absolute atomic E-state index is 13.2. The lowest BCUT2D eigenvalue weighted by molar-refractivity contribution is -0.161. The summed E-state index contributed by atoms with van der Waals surface area (Å²) in [6.07, 6.45) is 2.14. The molecule has 1 unspecified atom stereocenters. The highest BCUT2D eigenvalue weighted by Crippen LogP contribution is 2.31. The summed E-state index contributed by atoms with van der Waals surface area (Å²) >= 11 is 1.22. The Balaban J connectivity index is 1.49. The van der Waals surface area contributed by atoms with Crippen molar-refractivity contribution in [3.8, 4) is 0 Å². The second-order valence-electron chi connectivity index (χ2n) is 7.85. The number of nitrogens with zero attached hydrogens (tertiary/aromatic N) is 1. The quantitative estimate of drug-likeness (QED) is 0.678. The van der Waals surface area contributed by atoms with Gasteiger partial charge in [-0.25, -0.2) is 9.59 Å². The summed E-state index contributed by atoms with van der Waals surface area (Å²) < 4.78 is 5.99. The third-order valence-electron chi connectivity index (χ3n) is 5.95. The molecule has 0 radical (unpaired) electrons. The summed E-state index contributed by atoms with van der Waals surface area (Å²) in [5.41, 5.74) is 1.92. The first-order valence-corrected chi connectivity index (χ1v) is 10.9. The molecule has 7 heteroatoms. The Kier molecular flexibility index (Phi) is 5.99. The molecule has 1 aromatic heterocycles. The molecule has 3 saturated heterocycles. The topological polar surface area (TPSA) is 78.9 Å². The van der Waals surface area contributed by atoms with Gasteiger partial charge in [-0.3, -0.25) is 10.2 Å². The summed E-state index contributed by atoms with van der Waals surface area (Å²) in [4.78, 5) is 27.8. The van der Waals surface area contributed by atoms with Crippen LogP contribution in [-0.2, 0) is 16.1 Å². The van der Waals surface area contributed by atoms with Crippen molar-refractivity contribution in [3.05, 3.63) is 57.3 Å². The number of esters is 1. The van der Waals surface area contributed by atoms with Crippen LogP contribution in [0.1, 0.15) is 44.6 Å². The molecule has 2 aromatic rings. The molecule has 5 rings (SSSR count). The van der Waals surface area contributed by atoms with E-state index in [9.17, 15) is 9.59 Å². The summed E-state index contributed by atoms with van der Waals surface area (Å²) in [6, 6.07) is 10.6. The minimum atomic E-state index is -0.932. The SMILES string of the molecule is Cc1ccccc1C(NCc1ccc(C(=O)O)s1)C(=O)O[C@H]1CN2CCC1CC2. The van der Waals surface area contributed by atoms with Crippen molar-refractivity contribution < 1.29 is 19.4 Å². The Bertz CT molecular complexity index is 888. The predicted molar refractivity (Wildman–Crippen MR) is 111 cm³/mol. The van der Waals surface area contributed by atoms with E-state index in [4.69, 9.17) is 9.84 Å². The van der Waals surface area contributed by atoms with E-state index in [0.717, 1.165) is 48.5 Å². The molecule has 3 fully saturated rings. The lowest BCUT2D eigenvalue weighted by Crippen LogP contribution is -2.52. The number of carboxylic acid groups (broad SMARTS) is 1. The summed E-state index contributed by atoms with van der Waals surface area (Å²) in [6.45, 7) is 5.42. The highest BCUT2D eigenvalue weighted by molar-refractivity contribution is 7.13. The van der Waals surface area contributed by atoms with Gasteiger partial charge in [-0.15, -0.1) is 11.3 Å². The van der Waals surface area contributed by atoms with E-state index in [1.165, 1.54) is 11.3 Å². The van der Waals surface area contributed by atoms with Crippen molar-refractivity contribution in [2.45, 2.75) is 38.5 Å². The van der Waals surface area contributed by atoms with Gasteiger partial charge in [-0.05, 0) is 62.0 Å². The van der Waals surface area contributed by atoms with Crippen LogP contribution in [0.5, 0.6) is 0 Å². The molecule has 0 saturated carbocycles. The van der Waals surface area contributed by atoms with Crippen molar-refractivity contribution in [1.82, 2.24) is 10.2 Å². The molecule has 3 aliphatic heterocycles. The number of rotatable bonds is 7. The number of aryl methyl sites for hydroxylation is 1. The number of aromatic carboxylic acids is 1. The second kappa shape index (κ2) is 8.65. The molecule has 29 heavy (non-hydrogen) atoms. The van der Waals surface area contributed by atoms with Crippen LogP contribution in [0.3, 0.4) is 0 Å². The number of carboxylic acids is 1. The molecule has 6 nitrogen and oxygen atoms in total. The molecular formula is C22H26N2O4S. The van der Waals surface area contributed by atoms with Gasteiger partial charge < -0.3 is 9.84 Å². The van der Waals surface area contributed by atoms with Crippen molar-refractivity contribution >= 4 is 23.3 Å². The van der Waals surface area contributed by atoms with E-state index in [-0.39, 0.29) is 12.1 Å². The number of carbonyl (C=O) groups excluding carboxylic acids is 1. The molecule has 2 atom stereocenters. The largest absolute Gasteiger partial charge is 0.477 e. The lowest BCUT2D eigenvalue weighted by Gasteiger charge is -2.44. The van der Waals surface area contributed by atoms with Crippen LogP contribution in [0.15, 0.2) is 36.4 Å². The Hall–Kier alpha value is -2.22. The molecular weight excluding hydrogens is 388 g/mol. The minimum absolute atomic E-state index is 0.0429. The average molecular weight is 415 g/mol. The summed E-state index contributed by atoms with van der Waals surface area (Å²) in [5, 5.41) is 12.4. The molecule has 0 spiro atoms. The smallest absolute Gasteiger partial charge is 0.345 e. The van der Waals surface area contributed by atoms with Crippen LogP contribution < -0.4 is 5.32 Å². The number of nitrogens with one attached hydrogen (secondary N) is 1. The van der Waals surface area contributed by atoms with E-state index in [0.29, 0.717) is 17.3 Å². The zero-order valence-corrected chi connectivity index (χ0v) is 17.3. The van der Waals surface area contributed by atoms with Gasteiger partial charge in [0.1, 0.15) is 17.0 Å². The molecule has 2 N–H and O–H groups in total. The highest BCUT2D eigenvalue weighted by Gasteiger charge is 2.38. The third-order valence-corrected chi connectivity index (χ3v) is 7.02. The number of fused-ring (bicyclic) bond motifs is 3. The molecule has 0 amide bonds. The van der Waals surface area contributed by atoms with Crippen molar-refractivity contribution in [2.75, 3.05) is 19.6 Å². The monoisotopic (exact) mass is 414 g/mol. The molecule has 0 aliphatic carbocycles. The van der Waals surface area contributed by atoms with Crippen LogP contribution >= 0.6 is 11.3 Å². The van der Waals surface area contributed by atoms with E-state index >= 15 is 0 Å². The average Bonchev–Trinajstić information content (AvgIpc) is 3.20. The maximum atomic E-state index is 13.2. The van der Waals surface area contributed by atoms with Crippen LogP contribution in [0, 0.1) is 12.8 Å². The van der Waals surface area contributed by atoms with E-state index < -0.39 is 12.0 Å². The van der Waals surface area contributed by atoms with Gasteiger partial charge in [0, 0.05) is 18.0 Å². The van der Waals surface area contributed by atoms with Gasteiger partial charge in [-0.2, -0.15) is 0 Å². The fourth-order valence-corrected chi connectivity index (χ4v) is 5.08. The summed E-state index contributed by atoms with van der Waals surface area (Å²) in [5.74, 6) is -0.733. The first-order valence-electron chi connectivity index (χ1n) is 10.0. The van der Waals surface area contributed by atoms with Crippen LogP contribution in [0.25, 0.3) is 0 Å². The van der Waals surface area contributed by atoms with E-state index in [1.807, 2.05) is 31.2 Å². The number of thiophene rings is 1. The Morgan fingerprint density at radius 2 is 2.00 bits per heavy atom. The number of carbonyl (C=O) groups is 2. The third kappa shape index (κ3) is 4.52. The number of piperidine rings is 3. The van der Waals surface area contributed by atoms with Crippen LogP contribution in [0.2, 0.25) is 0 Å². The normalized spacial score (nSPS) is 24.2. The van der Waals surface area contributed by atoms with Crippen molar-refractivity contribution in [2.24, 2.45) is 5.92 Å². The molecule has 4 heterocycles. The van der Waals surface area contributed by atoms with Crippen LogP contribution in [-0.4, -0.2) is 47.7 Å². The van der Waals surface area contributed by atoms with Gasteiger partial charge in [0.05, 0.1) is 0 Å². The van der Waals surface area contributed by atoms with Gasteiger partial charge in [0.25, 0.3) is 0 Å². The van der Waals surface area contributed by atoms with Gasteiger partial charge in [-0.1, -0.05) is 24.3 Å². The molecule has 1 aromatic carbocycles. The Labute approximate surface area is 174 Å². The standard InChI is InChI=1S/C22H26N2O4S/c1-14-4-2-3-5-17(14)20(23-12-16-6-7-19(29-16)21(25)26)22(27)28-18-13-24-10-8-15(18)9-11-24/h2-7,15,18,20,23H,8-13H2,1H3,(H,25,26)/t18-,20?/m0/s1. The van der Waals surface area contributed by atoms with Crippen molar-refractivity contribution in [1.29, 1.82) is 0 Å².